The van der Waals surface area contributed by atoms with Gasteiger partial charge in [-0.1, -0.05) is 22.9 Å². The number of hydrogen-bond donors (Lipinski definition) is 0. The molecule has 0 N–H and O–H groups in total. The molecular formula is C12H13BrF3NO. The van der Waals surface area contributed by atoms with Gasteiger partial charge in [-0.15, -0.1) is 0 Å². The average Bonchev–Trinajstić information content (AvgIpc) is 2.32. The molecule has 1 amide bonds. The number of carbonyl (C=O) groups is 1. The van der Waals surface area contributed by atoms with E-state index in [0.717, 1.165) is 12.1 Å². The van der Waals surface area contributed by atoms with Crippen molar-refractivity contribution in [2.75, 3.05) is 13.6 Å². The Morgan fingerprint density at radius 1 is 1.33 bits per heavy atom. The summed E-state index contributed by atoms with van der Waals surface area (Å²) in [6.45, 7) is 2.31. The zero-order chi connectivity index (χ0) is 13.9. The van der Waals surface area contributed by atoms with Gasteiger partial charge in [0.15, 0.2) is 17.5 Å². The van der Waals surface area contributed by atoms with E-state index in [1.807, 2.05) is 6.92 Å². The summed E-state index contributed by atoms with van der Waals surface area (Å²) in [6.07, 6.45) is 0.674. The zero-order valence-corrected chi connectivity index (χ0v) is 11.6. The molecular weight excluding hydrogens is 311 g/mol. The molecule has 1 aromatic carbocycles. The van der Waals surface area contributed by atoms with Crippen LogP contribution in [0, 0.1) is 17.5 Å². The molecule has 18 heavy (non-hydrogen) atoms. The van der Waals surface area contributed by atoms with Crippen molar-refractivity contribution in [1.82, 2.24) is 4.90 Å². The largest absolute Gasteiger partial charge is 0.342 e. The third-order valence-corrected chi connectivity index (χ3v) is 2.93. The smallest absolute Gasteiger partial charge is 0.256 e. The van der Waals surface area contributed by atoms with Crippen LogP contribution >= 0.6 is 15.9 Å². The van der Waals surface area contributed by atoms with Crippen LogP contribution in [0.2, 0.25) is 0 Å². The summed E-state index contributed by atoms with van der Waals surface area (Å²) in [6, 6.07) is 1.69. The summed E-state index contributed by atoms with van der Waals surface area (Å²) < 4.78 is 39.1. The molecule has 6 heteroatoms. The normalized spacial score (nSPS) is 12.3. The van der Waals surface area contributed by atoms with E-state index in [2.05, 4.69) is 15.9 Å². The van der Waals surface area contributed by atoms with Crippen molar-refractivity contribution in [3.05, 3.63) is 35.1 Å². The summed E-state index contributed by atoms with van der Waals surface area (Å²) in [5.41, 5.74) is -0.460. The molecule has 0 saturated carbocycles. The molecule has 2 nitrogen and oxygen atoms in total. The van der Waals surface area contributed by atoms with E-state index in [0.29, 0.717) is 13.0 Å². The molecule has 1 aromatic rings. The molecule has 1 atom stereocenters. The number of carbonyl (C=O) groups excluding carboxylic acids is 1. The molecule has 0 aliphatic carbocycles. The minimum absolute atomic E-state index is 0.211. The number of hydrogen-bond acceptors (Lipinski definition) is 1. The van der Waals surface area contributed by atoms with E-state index in [1.54, 1.807) is 0 Å². The van der Waals surface area contributed by atoms with Gasteiger partial charge in [0.05, 0.1) is 5.56 Å². The Kier molecular flexibility index (Phi) is 5.19. The maximum atomic E-state index is 13.4. The van der Waals surface area contributed by atoms with Gasteiger partial charge in [-0.25, -0.2) is 13.2 Å². The first kappa shape index (κ1) is 15.0. The molecule has 1 unspecified atom stereocenters. The number of nitrogens with zero attached hydrogens (tertiary/aromatic N) is 1. The van der Waals surface area contributed by atoms with Crippen LogP contribution in [-0.2, 0) is 0 Å². The fourth-order valence-electron chi connectivity index (χ4n) is 1.37. The summed E-state index contributed by atoms with van der Waals surface area (Å²) in [4.78, 5) is 13.3. The molecule has 0 heterocycles. The van der Waals surface area contributed by atoms with E-state index in [1.165, 1.54) is 11.9 Å². The first-order chi connectivity index (χ1) is 8.34. The maximum Gasteiger partial charge on any atom is 0.256 e. The van der Waals surface area contributed by atoms with Gasteiger partial charge in [0.1, 0.15) is 0 Å². The fourth-order valence-corrected chi connectivity index (χ4v) is 1.57. The quantitative estimate of drug-likeness (QED) is 0.614. The molecule has 0 bridgehead atoms. The third-order valence-electron chi connectivity index (χ3n) is 2.47. The van der Waals surface area contributed by atoms with Gasteiger partial charge in [-0.05, 0) is 18.6 Å². The molecule has 0 spiro atoms. The van der Waals surface area contributed by atoms with Gasteiger partial charge < -0.3 is 4.90 Å². The van der Waals surface area contributed by atoms with Crippen LogP contribution < -0.4 is 0 Å². The van der Waals surface area contributed by atoms with E-state index < -0.39 is 28.9 Å². The molecule has 100 valence electrons. The van der Waals surface area contributed by atoms with E-state index in [4.69, 9.17) is 0 Å². The minimum Gasteiger partial charge on any atom is -0.342 e. The van der Waals surface area contributed by atoms with Crippen molar-refractivity contribution >= 4 is 21.8 Å². The summed E-state index contributed by atoms with van der Waals surface area (Å²) in [7, 11) is 1.48. The Morgan fingerprint density at radius 2 is 1.94 bits per heavy atom. The Hall–Kier alpha value is -1.04. The lowest BCUT2D eigenvalue weighted by Crippen LogP contribution is -2.29. The Balaban J connectivity index is 2.87. The lowest BCUT2D eigenvalue weighted by atomic mass is 10.1. The Labute approximate surface area is 112 Å². The molecule has 0 aliphatic heterocycles. The van der Waals surface area contributed by atoms with Crippen molar-refractivity contribution in [2.24, 2.45) is 0 Å². The summed E-state index contributed by atoms with van der Waals surface area (Å²) in [5.74, 6) is -5.04. The van der Waals surface area contributed by atoms with Gasteiger partial charge in [0, 0.05) is 18.4 Å². The summed E-state index contributed by atoms with van der Waals surface area (Å²) in [5, 5.41) is 0. The first-order valence-corrected chi connectivity index (χ1v) is 6.29. The highest BCUT2D eigenvalue weighted by molar-refractivity contribution is 9.09. The highest BCUT2D eigenvalue weighted by Crippen LogP contribution is 2.17. The van der Waals surface area contributed by atoms with E-state index >= 15 is 0 Å². The highest BCUT2D eigenvalue weighted by Gasteiger charge is 2.21. The molecule has 0 fully saturated rings. The van der Waals surface area contributed by atoms with Gasteiger partial charge in [0.25, 0.3) is 5.91 Å². The monoisotopic (exact) mass is 323 g/mol. The predicted octanol–water partition coefficient (Wildman–Crippen LogP) is 3.35. The van der Waals surface area contributed by atoms with Gasteiger partial charge in [-0.3, -0.25) is 4.79 Å². The fraction of sp³-hybridized carbons (Fsp3) is 0.417. The van der Waals surface area contributed by atoms with Crippen LogP contribution in [0.15, 0.2) is 12.1 Å². The van der Waals surface area contributed by atoms with Crippen LogP contribution in [0.5, 0.6) is 0 Å². The van der Waals surface area contributed by atoms with E-state index in [-0.39, 0.29) is 4.83 Å². The Morgan fingerprint density at radius 3 is 2.50 bits per heavy atom. The van der Waals surface area contributed by atoms with Crippen LogP contribution in [0.1, 0.15) is 23.7 Å². The van der Waals surface area contributed by atoms with E-state index in [9.17, 15) is 18.0 Å². The standard InChI is InChI=1S/C12H13BrF3NO/c1-7(13)5-6-17(2)12(18)8-3-4-9(14)11(16)10(8)15/h3-4,7H,5-6H2,1-2H3. The highest BCUT2D eigenvalue weighted by atomic mass is 79.9. The molecule has 0 aliphatic rings. The van der Waals surface area contributed by atoms with Crippen LogP contribution in [-0.4, -0.2) is 29.2 Å². The molecule has 0 radical (unpaired) electrons. The number of amides is 1. The van der Waals surface area contributed by atoms with Gasteiger partial charge in [-0.2, -0.15) is 0 Å². The van der Waals surface area contributed by atoms with Crippen LogP contribution in [0.4, 0.5) is 13.2 Å². The lowest BCUT2D eigenvalue weighted by Gasteiger charge is -2.18. The number of alkyl halides is 1. The number of rotatable bonds is 4. The SMILES string of the molecule is CC(Br)CCN(C)C(=O)c1ccc(F)c(F)c1F. The van der Waals surface area contributed by atoms with Gasteiger partial charge >= 0.3 is 0 Å². The number of benzene rings is 1. The minimum atomic E-state index is -1.62. The molecule has 0 saturated heterocycles. The summed E-state index contributed by atoms with van der Waals surface area (Å²) >= 11 is 3.32. The van der Waals surface area contributed by atoms with Crippen molar-refractivity contribution in [3.63, 3.8) is 0 Å². The first-order valence-electron chi connectivity index (χ1n) is 5.37. The zero-order valence-electron chi connectivity index (χ0n) is 10.0. The average molecular weight is 324 g/mol. The van der Waals surface area contributed by atoms with Crippen molar-refractivity contribution in [1.29, 1.82) is 0 Å². The molecule has 0 aromatic heterocycles. The van der Waals surface area contributed by atoms with Crippen LogP contribution in [0.25, 0.3) is 0 Å². The molecule has 1 rings (SSSR count). The second kappa shape index (κ2) is 6.22. The Bertz CT molecular complexity index is 451. The van der Waals surface area contributed by atoms with Gasteiger partial charge in [0.2, 0.25) is 0 Å². The topological polar surface area (TPSA) is 20.3 Å². The van der Waals surface area contributed by atoms with Crippen molar-refractivity contribution in [3.8, 4) is 0 Å². The van der Waals surface area contributed by atoms with Crippen molar-refractivity contribution in [2.45, 2.75) is 18.2 Å². The second-order valence-corrected chi connectivity index (χ2v) is 5.58. The second-order valence-electron chi connectivity index (χ2n) is 4.02. The third kappa shape index (κ3) is 3.48. The number of halogens is 4. The van der Waals surface area contributed by atoms with Crippen LogP contribution in [0.3, 0.4) is 0 Å². The lowest BCUT2D eigenvalue weighted by molar-refractivity contribution is 0.0788. The predicted molar refractivity (Wildman–Crippen MR) is 66.3 cm³/mol. The maximum absolute atomic E-state index is 13.4. The van der Waals surface area contributed by atoms with Crippen molar-refractivity contribution < 1.29 is 18.0 Å².